The van der Waals surface area contributed by atoms with Gasteiger partial charge in [-0.25, -0.2) is 0 Å². The largest absolute Gasteiger partial charge is 0.357 e. The zero-order valence-electron chi connectivity index (χ0n) is 17.9. The molecule has 0 unspecified atom stereocenters. The predicted molar refractivity (Wildman–Crippen MR) is 127 cm³/mol. The average molecular weight is 514 g/mol. The third kappa shape index (κ3) is 6.97. The maximum absolute atomic E-state index is 4.70. The van der Waals surface area contributed by atoms with E-state index in [2.05, 4.69) is 55.1 Å². The molecule has 3 rings (SSSR count). The van der Waals surface area contributed by atoms with E-state index in [-0.39, 0.29) is 24.0 Å². The first-order valence-corrected chi connectivity index (χ1v) is 10.6. The molecule has 2 N–H and O–H groups in total. The van der Waals surface area contributed by atoms with Gasteiger partial charge in [-0.05, 0) is 46.1 Å². The molecule has 0 saturated heterocycles. The van der Waals surface area contributed by atoms with Gasteiger partial charge in [0.1, 0.15) is 11.6 Å². The number of aliphatic imine (C=N–C) groups is 1. The molecular weight excluding hydrogens is 479 g/mol. The number of hydrogen-bond acceptors (Lipinski definition) is 4. The van der Waals surface area contributed by atoms with Crippen LogP contribution in [-0.4, -0.2) is 50.1 Å². The van der Waals surface area contributed by atoms with Crippen LogP contribution in [0.3, 0.4) is 0 Å². The summed E-state index contributed by atoms with van der Waals surface area (Å²) in [5.74, 6) is 3.11. The lowest BCUT2D eigenvalue weighted by molar-refractivity contribution is 0.566. The van der Waals surface area contributed by atoms with Crippen LogP contribution in [0.25, 0.3) is 0 Å². The van der Waals surface area contributed by atoms with E-state index in [1.54, 1.807) is 0 Å². The molecule has 0 fully saturated rings. The van der Waals surface area contributed by atoms with Crippen molar-refractivity contribution in [3.05, 3.63) is 29.1 Å². The van der Waals surface area contributed by atoms with Gasteiger partial charge < -0.3 is 15.2 Å². The second-order valence-electron chi connectivity index (χ2n) is 7.44. The molecule has 9 heteroatoms. The number of hydrogen-bond donors (Lipinski definition) is 2. The molecule has 0 spiro atoms. The molecule has 0 aromatic carbocycles. The SMILES string of the molecule is CCNC(=NCCCn1nc(C)cc1C)NCCc1nnc2n1CCCCC2.I. The number of nitrogens with zero attached hydrogens (tertiary/aromatic N) is 6. The second kappa shape index (κ2) is 12.1. The Hall–Kier alpha value is -1.65. The first kappa shape index (κ1) is 23.6. The first-order chi connectivity index (χ1) is 13.7. The van der Waals surface area contributed by atoms with Gasteiger partial charge in [0.05, 0.1) is 5.69 Å². The minimum atomic E-state index is 0. The zero-order chi connectivity index (χ0) is 19.8. The molecule has 2 aromatic heterocycles. The molecule has 29 heavy (non-hydrogen) atoms. The van der Waals surface area contributed by atoms with Crippen molar-refractivity contribution in [2.75, 3.05) is 19.6 Å². The number of nitrogens with one attached hydrogen (secondary N) is 2. The molecule has 0 atom stereocenters. The Balaban J connectivity index is 0.00000300. The highest BCUT2D eigenvalue weighted by molar-refractivity contribution is 14.0. The molecular formula is C20H35IN8. The Kier molecular flexibility index (Phi) is 9.89. The van der Waals surface area contributed by atoms with Crippen molar-refractivity contribution >= 4 is 29.9 Å². The number of aromatic nitrogens is 5. The Labute approximate surface area is 191 Å². The molecule has 2 aromatic rings. The molecule has 162 valence electrons. The summed E-state index contributed by atoms with van der Waals surface area (Å²) in [6.07, 6.45) is 6.63. The van der Waals surface area contributed by atoms with Crippen molar-refractivity contribution in [1.82, 2.24) is 35.2 Å². The first-order valence-electron chi connectivity index (χ1n) is 10.6. The number of fused-ring (bicyclic) bond motifs is 1. The van der Waals surface area contributed by atoms with E-state index >= 15 is 0 Å². The second-order valence-corrected chi connectivity index (χ2v) is 7.44. The van der Waals surface area contributed by atoms with Crippen molar-refractivity contribution in [2.45, 2.75) is 72.4 Å². The van der Waals surface area contributed by atoms with Crippen LogP contribution >= 0.6 is 24.0 Å². The smallest absolute Gasteiger partial charge is 0.191 e. The van der Waals surface area contributed by atoms with Crippen molar-refractivity contribution in [3.8, 4) is 0 Å². The minimum Gasteiger partial charge on any atom is -0.357 e. The molecule has 0 saturated carbocycles. The monoisotopic (exact) mass is 514 g/mol. The normalized spacial score (nSPS) is 14.1. The zero-order valence-corrected chi connectivity index (χ0v) is 20.3. The van der Waals surface area contributed by atoms with E-state index in [1.807, 2.05) is 6.92 Å². The number of aryl methyl sites for hydroxylation is 4. The molecule has 0 amide bonds. The van der Waals surface area contributed by atoms with Crippen molar-refractivity contribution < 1.29 is 0 Å². The summed E-state index contributed by atoms with van der Waals surface area (Å²) in [5, 5.41) is 20.0. The molecule has 0 bridgehead atoms. The van der Waals surface area contributed by atoms with Crippen molar-refractivity contribution in [1.29, 1.82) is 0 Å². The quantitative estimate of drug-likeness (QED) is 0.245. The maximum Gasteiger partial charge on any atom is 0.191 e. The van der Waals surface area contributed by atoms with Gasteiger partial charge >= 0.3 is 0 Å². The molecule has 1 aliphatic heterocycles. The standard InChI is InChI=1S/C20H34N8.HI/c1-4-21-20(22-11-8-14-28-17(3)15-16(2)26-28)23-12-10-19-25-24-18-9-6-5-7-13-27(18)19;/h15H,4-14H2,1-3H3,(H2,21,22,23);1H. The third-order valence-corrected chi connectivity index (χ3v) is 5.07. The fourth-order valence-electron chi connectivity index (χ4n) is 3.68. The Morgan fingerprint density at radius 3 is 2.79 bits per heavy atom. The summed E-state index contributed by atoms with van der Waals surface area (Å²) in [4.78, 5) is 4.70. The summed E-state index contributed by atoms with van der Waals surface area (Å²) >= 11 is 0. The summed E-state index contributed by atoms with van der Waals surface area (Å²) in [6.45, 7) is 10.6. The molecule has 3 heterocycles. The van der Waals surface area contributed by atoms with Gasteiger partial charge in [-0.2, -0.15) is 5.10 Å². The Morgan fingerprint density at radius 2 is 2.03 bits per heavy atom. The summed E-state index contributed by atoms with van der Waals surface area (Å²) < 4.78 is 4.37. The van der Waals surface area contributed by atoms with E-state index in [1.165, 1.54) is 25.0 Å². The van der Waals surface area contributed by atoms with Gasteiger partial charge in [-0.15, -0.1) is 34.2 Å². The fraction of sp³-hybridized carbons (Fsp3) is 0.700. The van der Waals surface area contributed by atoms with Gasteiger partial charge in [0.2, 0.25) is 0 Å². The lowest BCUT2D eigenvalue weighted by atomic mass is 10.2. The van der Waals surface area contributed by atoms with Gasteiger partial charge in [0.15, 0.2) is 5.96 Å². The topological polar surface area (TPSA) is 84.9 Å². The van der Waals surface area contributed by atoms with Crippen LogP contribution in [0.5, 0.6) is 0 Å². The lowest BCUT2D eigenvalue weighted by Crippen LogP contribution is -2.38. The van der Waals surface area contributed by atoms with E-state index in [0.717, 1.165) is 75.3 Å². The molecule has 8 nitrogen and oxygen atoms in total. The van der Waals surface area contributed by atoms with Crippen LogP contribution in [0, 0.1) is 13.8 Å². The third-order valence-electron chi connectivity index (χ3n) is 5.07. The van der Waals surface area contributed by atoms with Crippen LogP contribution < -0.4 is 10.6 Å². The van der Waals surface area contributed by atoms with Crippen molar-refractivity contribution in [3.63, 3.8) is 0 Å². The molecule has 0 radical (unpaired) electrons. The highest BCUT2D eigenvalue weighted by atomic mass is 127. The van der Waals surface area contributed by atoms with Gasteiger partial charge in [0, 0.05) is 51.3 Å². The Morgan fingerprint density at radius 1 is 1.17 bits per heavy atom. The van der Waals surface area contributed by atoms with E-state index < -0.39 is 0 Å². The van der Waals surface area contributed by atoms with Crippen molar-refractivity contribution in [2.24, 2.45) is 4.99 Å². The van der Waals surface area contributed by atoms with Crippen LogP contribution in [0.2, 0.25) is 0 Å². The Bertz CT molecular complexity index is 780. The van der Waals surface area contributed by atoms with E-state index in [9.17, 15) is 0 Å². The summed E-state index contributed by atoms with van der Waals surface area (Å²) in [6, 6.07) is 2.11. The van der Waals surface area contributed by atoms with Crippen LogP contribution in [0.1, 0.15) is 55.6 Å². The summed E-state index contributed by atoms with van der Waals surface area (Å²) in [7, 11) is 0. The fourth-order valence-corrected chi connectivity index (χ4v) is 3.68. The summed E-state index contributed by atoms with van der Waals surface area (Å²) in [5.41, 5.74) is 2.28. The highest BCUT2D eigenvalue weighted by Crippen LogP contribution is 2.14. The predicted octanol–water partition coefficient (Wildman–Crippen LogP) is 2.62. The van der Waals surface area contributed by atoms with Crippen LogP contribution in [0.15, 0.2) is 11.1 Å². The van der Waals surface area contributed by atoms with Gasteiger partial charge in [-0.3, -0.25) is 9.67 Å². The maximum atomic E-state index is 4.70. The van der Waals surface area contributed by atoms with E-state index in [4.69, 9.17) is 4.99 Å². The van der Waals surface area contributed by atoms with Crippen LogP contribution in [0.4, 0.5) is 0 Å². The number of guanidine groups is 1. The van der Waals surface area contributed by atoms with Crippen LogP contribution in [-0.2, 0) is 25.9 Å². The molecule has 0 aliphatic carbocycles. The van der Waals surface area contributed by atoms with Gasteiger partial charge in [0.25, 0.3) is 0 Å². The highest BCUT2D eigenvalue weighted by Gasteiger charge is 2.14. The lowest BCUT2D eigenvalue weighted by Gasteiger charge is -2.12. The number of rotatable bonds is 8. The minimum absolute atomic E-state index is 0. The van der Waals surface area contributed by atoms with Gasteiger partial charge in [-0.1, -0.05) is 6.42 Å². The van der Waals surface area contributed by atoms with E-state index in [0.29, 0.717) is 0 Å². The average Bonchev–Trinajstić information content (AvgIpc) is 3.10. The number of halogens is 1. The molecule has 1 aliphatic rings.